The number of fused-ring (bicyclic) bond motifs is 2. The number of primary amides is 1. The maximum Gasteiger partial charge on any atom is 0.269 e. The van der Waals surface area contributed by atoms with Gasteiger partial charge < -0.3 is 25.8 Å². The number of nitrogens with two attached hydrogens (primary N) is 2. The molecule has 2 aromatic heterocycles. The molecule has 0 aliphatic rings. The molecule has 0 aliphatic heterocycles. The van der Waals surface area contributed by atoms with Crippen LogP contribution in [0.25, 0.3) is 38.7 Å². The number of hydrogen-bond donors (Lipinski definition) is 3. The van der Waals surface area contributed by atoms with Crippen LogP contribution in [0.15, 0.2) is 83.4 Å². The van der Waals surface area contributed by atoms with Crippen LogP contribution in [-0.2, 0) is 10.1 Å². The minimum Gasteiger partial charge on any atom is -0.380 e. The van der Waals surface area contributed by atoms with Crippen molar-refractivity contribution in [2.75, 3.05) is 44.1 Å². The standard InChI is InChI=1S/C31H27F2N7O2.CH4O3S/c1-38(2)14-15-39(18-6-4-3-5-7-18)19-8-10-21(25(32)17-19)22-11-12-23-28(31(35)41)36-40(29(23)27(22)33)20-9-13-26-24(16-20)30(34)37-42-26;1-5(2,3)4/h3-13,16-17H,14-15H2,1-2H3,(H2,34,37)(H2,35,41);1H3,(H,2,3,4). The van der Waals surface area contributed by atoms with Gasteiger partial charge in [0.25, 0.3) is 16.0 Å². The highest BCUT2D eigenvalue weighted by Crippen LogP contribution is 2.36. The molecule has 0 bridgehead atoms. The second-order valence-corrected chi connectivity index (χ2v) is 12.3. The van der Waals surface area contributed by atoms with Crippen LogP contribution in [0.2, 0.25) is 0 Å². The Labute approximate surface area is 268 Å². The van der Waals surface area contributed by atoms with Gasteiger partial charge in [-0.3, -0.25) is 9.35 Å². The maximum absolute atomic E-state index is 16.4. The molecule has 6 rings (SSSR count). The Balaban J connectivity index is 0.000000807. The zero-order valence-corrected chi connectivity index (χ0v) is 26.4. The van der Waals surface area contributed by atoms with Crippen molar-refractivity contribution in [2.45, 2.75) is 0 Å². The molecule has 4 aromatic carbocycles. The van der Waals surface area contributed by atoms with E-state index in [1.807, 2.05) is 54.2 Å². The first-order valence-corrected chi connectivity index (χ1v) is 15.9. The summed E-state index contributed by atoms with van der Waals surface area (Å²) in [7, 11) is 0.276. The summed E-state index contributed by atoms with van der Waals surface area (Å²) < 4.78 is 64.5. The van der Waals surface area contributed by atoms with E-state index < -0.39 is 27.7 Å². The van der Waals surface area contributed by atoms with Crippen molar-refractivity contribution in [3.63, 3.8) is 0 Å². The summed E-state index contributed by atoms with van der Waals surface area (Å²) >= 11 is 0. The lowest BCUT2D eigenvalue weighted by molar-refractivity contribution is 0.0996. The summed E-state index contributed by atoms with van der Waals surface area (Å²) in [5.41, 5.74) is 13.8. The first kappa shape index (κ1) is 33.0. The van der Waals surface area contributed by atoms with Crippen LogP contribution in [0.5, 0.6) is 0 Å². The number of benzene rings is 4. The number of carbonyl (C=O) groups is 1. The van der Waals surface area contributed by atoms with Crippen molar-refractivity contribution in [1.29, 1.82) is 0 Å². The molecule has 0 aliphatic carbocycles. The van der Waals surface area contributed by atoms with E-state index in [-0.39, 0.29) is 33.5 Å². The van der Waals surface area contributed by atoms with Crippen LogP contribution in [-0.4, -0.2) is 72.2 Å². The molecule has 47 heavy (non-hydrogen) atoms. The third-order valence-corrected chi connectivity index (χ3v) is 7.14. The number of halogens is 2. The van der Waals surface area contributed by atoms with Gasteiger partial charge in [-0.15, -0.1) is 0 Å². The minimum atomic E-state index is -3.67. The molecule has 0 fully saturated rings. The van der Waals surface area contributed by atoms with Crippen molar-refractivity contribution in [3.8, 4) is 16.8 Å². The summed E-state index contributed by atoms with van der Waals surface area (Å²) in [5, 5.41) is 8.74. The van der Waals surface area contributed by atoms with Crippen molar-refractivity contribution < 1.29 is 31.1 Å². The lowest BCUT2D eigenvalue weighted by Crippen LogP contribution is -2.28. The summed E-state index contributed by atoms with van der Waals surface area (Å²) in [5.74, 6) is -2.04. The number of likely N-dealkylation sites (N-methyl/N-ethyl adjacent to an activating group) is 1. The fourth-order valence-electron chi connectivity index (χ4n) is 5.03. The Morgan fingerprint density at radius 1 is 0.936 bits per heavy atom. The number of hydrogen-bond acceptors (Lipinski definition) is 9. The number of anilines is 3. The predicted molar refractivity (Wildman–Crippen MR) is 176 cm³/mol. The lowest BCUT2D eigenvalue weighted by atomic mass is 10.0. The van der Waals surface area contributed by atoms with Gasteiger partial charge in [0.15, 0.2) is 22.9 Å². The Morgan fingerprint density at radius 3 is 2.26 bits per heavy atom. The number of aromatic nitrogens is 3. The highest BCUT2D eigenvalue weighted by Gasteiger charge is 2.24. The SMILES string of the molecule is CN(C)CCN(c1ccccc1)c1ccc(-c2ccc3c(C(N)=O)nn(-c4ccc5onc(N)c5c4)c3c2F)c(F)c1.CS(=O)(=O)O. The third-order valence-electron chi connectivity index (χ3n) is 7.14. The molecule has 2 heterocycles. The van der Waals surface area contributed by atoms with Gasteiger partial charge in [-0.1, -0.05) is 29.4 Å². The third kappa shape index (κ3) is 7.22. The molecule has 15 heteroatoms. The molecule has 5 N–H and O–H groups in total. The van der Waals surface area contributed by atoms with Crippen molar-refractivity contribution >= 4 is 55.1 Å². The maximum atomic E-state index is 16.4. The van der Waals surface area contributed by atoms with E-state index in [1.165, 1.54) is 22.9 Å². The Morgan fingerprint density at radius 2 is 1.62 bits per heavy atom. The highest BCUT2D eigenvalue weighted by atomic mass is 32.2. The molecule has 244 valence electrons. The van der Waals surface area contributed by atoms with Crippen LogP contribution >= 0.6 is 0 Å². The average Bonchev–Trinajstić information content (AvgIpc) is 3.58. The molecular weight excluding hydrogens is 632 g/mol. The predicted octanol–water partition coefficient (Wildman–Crippen LogP) is 5.00. The minimum absolute atomic E-state index is 0.00819. The first-order valence-electron chi connectivity index (χ1n) is 14.1. The van der Waals surface area contributed by atoms with E-state index in [0.717, 1.165) is 12.2 Å². The molecule has 0 atom stereocenters. The second kappa shape index (κ2) is 13.2. The van der Waals surface area contributed by atoms with Gasteiger partial charge in [-0.05, 0) is 68.7 Å². The lowest BCUT2D eigenvalue weighted by Gasteiger charge is -2.27. The zero-order valence-electron chi connectivity index (χ0n) is 25.6. The van der Waals surface area contributed by atoms with Crippen LogP contribution in [0, 0.1) is 11.6 Å². The summed E-state index contributed by atoms with van der Waals surface area (Å²) in [6.07, 6.45) is 0.715. The monoisotopic (exact) mass is 663 g/mol. The van der Waals surface area contributed by atoms with Crippen molar-refractivity contribution in [3.05, 3.63) is 96.2 Å². The summed E-state index contributed by atoms with van der Waals surface area (Å²) in [6, 6.07) is 22.2. The second-order valence-electron chi connectivity index (χ2n) is 10.9. The van der Waals surface area contributed by atoms with Gasteiger partial charge in [-0.2, -0.15) is 13.5 Å². The van der Waals surface area contributed by atoms with E-state index in [1.54, 1.807) is 30.3 Å². The number of nitrogen functional groups attached to an aromatic ring is 1. The Hall–Kier alpha value is -5.38. The van der Waals surface area contributed by atoms with E-state index in [0.29, 0.717) is 35.1 Å². The van der Waals surface area contributed by atoms with E-state index >= 15 is 8.78 Å². The summed E-state index contributed by atoms with van der Waals surface area (Å²) in [6.45, 7) is 1.36. The van der Waals surface area contributed by atoms with Gasteiger partial charge in [0.2, 0.25) is 0 Å². The van der Waals surface area contributed by atoms with Gasteiger partial charge in [0, 0.05) is 41.0 Å². The van der Waals surface area contributed by atoms with Gasteiger partial charge in [0.1, 0.15) is 11.3 Å². The number of carbonyl (C=O) groups excluding carboxylic acids is 1. The summed E-state index contributed by atoms with van der Waals surface area (Å²) in [4.78, 5) is 16.3. The molecule has 0 radical (unpaired) electrons. The van der Waals surface area contributed by atoms with E-state index in [9.17, 15) is 13.2 Å². The van der Waals surface area contributed by atoms with Crippen LogP contribution in [0.4, 0.5) is 26.0 Å². The Bertz CT molecular complexity index is 2190. The molecule has 0 saturated heterocycles. The van der Waals surface area contributed by atoms with Crippen LogP contribution in [0.3, 0.4) is 0 Å². The number of para-hydroxylation sites is 1. The van der Waals surface area contributed by atoms with E-state index in [4.69, 9.17) is 20.5 Å². The quantitative estimate of drug-likeness (QED) is 0.188. The van der Waals surface area contributed by atoms with Gasteiger partial charge in [0.05, 0.1) is 17.3 Å². The normalized spacial score (nSPS) is 11.6. The average molecular weight is 664 g/mol. The highest BCUT2D eigenvalue weighted by molar-refractivity contribution is 7.85. The molecular formula is C32H31F2N7O5S. The molecule has 12 nitrogen and oxygen atoms in total. The van der Waals surface area contributed by atoms with Crippen molar-refractivity contribution in [1.82, 2.24) is 19.8 Å². The van der Waals surface area contributed by atoms with Crippen LogP contribution in [0.1, 0.15) is 10.5 Å². The molecule has 6 aromatic rings. The van der Waals surface area contributed by atoms with Gasteiger partial charge >= 0.3 is 0 Å². The molecule has 0 saturated carbocycles. The number of nitrogens with zero attached hydrogens (tertiary/aromatic N) is 5. The fourth-order valence-corrected chi connectivity index (χ4v) is 5.03. The molecule has 1 amide bonds. The fraction of sp³-hybridized carbons (Fsp3) is 0.156. The zero-order chi connectivity index (χ0) is 34.0. The van der Waals surface area contributed by atoms with Gasteiger partial charge in [-0.25, -0.2) is 13.5 Å². The number of amides is 1. The Kier molecular flexibility index (Phi) is 9.24. The van der Waals surface area contributed by atoms with Crippen LogP contribution < -0.4 is 16.4 Å². The smallest absolute Gasteiger partial charge is 0.269 e. The van der Waals surface area contributed by atoms with Crippen molar-refractivity contribution in [2.24, 2.45) is 5.73 Å². The van der Waals surface area contributed by atoms with E-state index in [2.05, 4.69) is 10.3 Å². The molecule has 0 unspecified atom stereocenters. The largest absolute Gasteiger partial charge is 0.380 e. The molecule has 0 spiro atoms. The first-order chi connectivity index (χ1) is 22.2. The topological polar surface area (TPSA) is 174 Å². The number of rotatable bonds is 8.